The van der Waals surface area contributed by atoms with Crippen LogP contribution >= 0.6 is 0 Å². The Kier molecular flexibility index (Phi) is 9.50. The molecule has 1 unspecified atom stereocenters. The largest absolute Gasteiger partial charge is 0.537 e. The minimum Gasteiger partial charge on any atom is -0.376 e. The second-order valence-electron chi connectivity index (χ2n) is 4.32. The monoisotopic (exact) mass is 323 g/mol. The number of hydrogen-bond donors (Lipinski definition) is 1. The van der Waals surface area contributed by atoms with Gasteiger partial charge in [0.1, 0.15) is 6.10 Å². The number of nitrogens with two attached hydrogens (primary N) is 1. The van der Waals surface area contributed by atoms with Crippen LogP contribution < -0.4 is 5.73 Å². The summed E-state index contributed by atoms with van der Waals surface area (Å²) in [6.45, 7) is 2.30. The van der Waals surface area contributed by atoms with Gasteiger partial charge in [-0.15, -0.1) is 0 Å². The molecule has 0 bridgehead atoms. The van der Waals surface area contributed by atoms with Crippen LogP contribution in [0.15, 0.2) is 11.3 Å². The molecule has 0 heterocycles. The molecule has 0 amide bonds. The van der Waals surface area contributed by atoms with E-state index in [1.807, 2.05) is 13.0 Å². The molecule has 1 atom stereocenters. The molecule has 0 rings (SSSR count). The molecule has 0 aromatic rings. The number of ether oxygens (including phenoxy) is 3. The average molecular weight is 323 g/mol. The fourth-order valence-electron chi connectivity index (χ4n) is 2.30. The van der Waals surface area contributed by atoms with Gasteiger partial charge in [-0.2, -0.15) is 0 Å². The first-order chi connectivity index (χ1) is 9.98. The summed E-state index contributed by atoms with van der Waals surface area (Å²) in [5, 5.41) is 0.632. The number of methoxy groups -OCH3 is 3. The van der Waals surface area contributed by atoms with Gasteiger partial charge in [0.05, 0.1) is 5.20 Å². The van der Waals surface area contributed by atoms with Crippen LogP contribution in [-0.4, -0.2) is 69.9 Å². The first kappa shape index (κ1) is 20.7. The summed E-state index contributed by atoms with van der Waals surface area (Å²) >= 11 is 0. The molecule has 0 aliphatic carbocycles. The summed E-state index contributed by atoms with van der Waals surface area (Å²) in [5.41, 5.74) is 5.61. The van der Waals surface area contributed by atoms with Crippen molar-refractivity contribution in [3.63, 3.8) is 0 Å². The summed E-state index contributed by atoms with van der Waals surface area (Å²) in [7, 11) is 6.08. The summed E-state index contributed by atoms with van der Waals surface area (Å²) in [4.78, 5) is 0. The Hall–Kier alpha value is -0.323. The van der Waals surface area contributed by atoms with Crippen LogP contribution in [-0.2, 0) is 27.5 Å². The number of rotatable bonds is 11. The first-order valence-corrected chi connectivity index (χ1v) is 8.40. The lowest BCUT2D eigenvalue weighted by Crippen LogP contribution is -2.59. The maximum Gasteiger partial charge on any atom is 0.537 e. The summed E-state index contributed by atoms with van der Waals surface area (Å²) < 4.78 is 33.4. The van der Waals surface area contributed by atoms with Crippen molar-refractivity contribution in [3.05, 3.63) is 11.3 Å². The van der Waals surface area contributed by atoms with Gasteiger partial charge in [0.2, 0.25) is 5.79 Å². The minimum atomic E-state index is -3.16. The molecular formula is C13H29NO6Si. The van der Waals surface area contributed by atoms with E-state index in [1.54, 1.807) is 7.11 Å². The van der Waals surface area contributed by atoms with Crippen LogP contribution in [0.2, 0.25) is 0 Å². The summed E-state index contributed by atoms with van der Waals surface area (Å²) in [5.74, 6) is -1.18. The Morgan fingerprint density at radius 3 is 1.81 bits per heavy atom. The van der Waals surface area contributed by atoms with Crippen LogP contribution in [0.25, 0.3) is 0 Å². The van der Waals surface area contributed by atoms with Crippen molar-refractivity contribution in [2.24, 2.45) is 5.73 Å². The molecular weight excluding hydrogens is 294 g/mol. The van der Waals surface area contributed by atoms with Crippen LogP contribution in [0.4, 0.5) is 0 Å². The maximum atomic E-state index is 5.65. The van der Waals surface area contributed by atoms with Crippen LogP contribution in [0.1, 0.15) is 13.3 Å². The lowest BCUT2D eigenvalue weighted by molar-refractivity contribution is -0.234. The van der Waals surface area contributed by atoms with Crippen molar-refractivity contribution in [1.82, 2.24) is 0 Å². The molecule has 0 spiro atoms. The SMILES string of the molecule is COC(C)C(OC)(OC)C(=CCCN)[Si](OC)(OC)OC. The molecule has 21 heavy (non-hydrogen) atoms. The standard InChI is InChI=1S/C13H29NO6Si/c1-11(15-2)13(16-3,17-4)12(9-8-10-14)21(18-5,19-6)20-7/h9,11H,8,10,14H2,1-7H3. The zero-order chi connectivity index (χ0) is 16.5. The molecule has 0 aromatic carbocycles. The van der Waals surface area contributed by atoms with Crippen molar-refractivity contribution in [2.75, 3.05) is 49.2 Å². The summed E-state index contributed by atoms with van der Waals surface area (Å²) in [6, 6.07) is 0. The smallest absolute Gasteiger partial charge is 0.376 e. The Morgan fingerprint density at radius 1 is 1.05 bits per heavy atom. The highest BCUT2D eigenvalue weighted by Gasteiger charge is 2.56. The molecule has 7 nitrogen and oxygen atoms in total. The molecule has 0 radical (unpaired) electrons. The zero-order valence-corrected chi connectivity index (χ0v) is 15.1. The maximum absolute atomic E-state index is 5.65. The lowest BCUT2D eigenvalue weighted by atomic mass is 10.1. The van der Waals surface area contributed by atoms with E-state index < -0.39 is 20.7 Å². The molecule has 0 aromatic heterocycles. The Morgan fingerprint density at radius 2 is 1.52 bits per heavy atom. The van der Waals surface area contributed by atoms with Crippen LogP contribution in [0.5, 0.6) is 0 Å². The highest BCUT2D eigenvalue weighted by Crippen LogP contribution is 2.35. The third-order valence-electron chi connectivity index (χ3n) is 3.52. The highest BCUT2D eigenvalue weighted by atomic mass is 28.4. The lowest BCUT2D eigenvalue weighted by Gasteiger charge is -2.42. The zero-order valence-electron chi connectivity index (χ0n) is 14.1. The molecule has 0 aliphatic rings. The first-order valence-electron chi connectivity index (χ1n) is 6.68. The van der Waals surface area contributed by atoms with Gasteiger partial charge in [0, 0.05) is 42.7 Å². The quantitative estimate of drug-likeness (QED) is 0.443. The highest BCUT2D eigenvalue weighted by molar-refractivity contribution is 6.69. The van der Waals surface area contributed by atoms with Crippen LogP contribution in [0, 0.1) is 0 Å². The van der Waals surface area contributed by atoms with E-state index >= 15 is 0 Å². The second kappa shape index (κ2) is 9.64. The van der Waals surface area contributed by atoms with E-state index in [0.29, 0.717) is 18.2 Å². The fraction of sp³-hybridized carbons (Fsp3) is 0.846. The van der Waals surface area contributed by atoms with Gasteiger partial charge in [-0.3, -0.25) is 0 Å². The molecule has 126 valence electrons. The fourth-order valence-corrected chi connectivity index (χ4v) is 4.69. The predicted molar refractivity (Wildman–Crippen MR) is 81.8 cm³/mol. The van der Waals surface area contributed by atoms with Gasteiger partial charge < -0.3 is 33.2 Å². The second-order valence-corrected chi connectivity index (χ2v) is 7.19. The molecule has 2 N–H and O–H groups in total. The molecule has 0 fully saturated rings. The van der Waals surface area contributed by atoms with E-state index in [4.69, 9.17) is 33.2 Å². The van der Waals surface area contributed by atoms with Gasteiger partial charge in [0.15, 0.2) is 0 Å². The van der Waals surface area contributed by atoms with E-state index in [9.17, 15) is 0 Å². The van der Waals surface area contributed by atoms with Gasteiger partial charge in [-0.1, -0.05) is 6.08 Å². The Bertz CT molecular complexity index is 310. The normalized spacial score (nSPS) is 15.3. The Labute approximate surface area is 128 Å². The van der Waals surface area contributed by atoms with Gasteiger partial charge >= 0.3 is 8.80 Å². The van der Waals surface area contributed by atoms with Crippen molar-refractivity contribution in [2.45, 2.75) is 25.2 Å². The van der Waals surface area contributed by atoms with Crippen molar-refractivity contribution in [1.29, 1.82) is 0 Å². The molecule has 0 saturated carbocycles. The molecule has 0 aliphatic heterocycles. The van der Waals surface area contributed by atoms with Gasteiger partial charge in [-0.25, -0.2) is 0 Å². The van der Waals surface area contributed by atoms with E-state index in [1.165, 1.54) is 35.5 Å². The van der Waals surface area contributed by atoms with E-state index in [2.05, 4.69) is 0 Å². The third kappa shape index (κ3) is 4.11. The molecule has 0 saturated heterocycles. The average Bonchev–Trinajstić information content (AvgIpc) is 2.54. The van der Waals surface area contributed by atoms with Gasteiger partial charge in [-0.05, 0) is 19.9 Å². The molecule has 8 heteroatoms. The van der Waals surface area contributed by atoms with E-state index in [0.717, 1.165) is 0 Å². The van der Waals surface area contributed by atoms with Crippen molar-refractivity contribution >= 4 is 8.80 Å². The minimum absolute atomic E-state index is 0.413. The van der Waals surface area contributed by atoms with Crippen molar-refractivity contribution in [3.8, 4) is 0 Å². The third-order valence-corrected chi connectivity index (χ3v) is 6.35. The topological polar surface area (TPSA) is 81.4 Å². The number of hydrogen-bond acceptors (Lipinski definition) is 7. The Balaban J connectivity index is 6.09. The van der Waals surface area contributed by atoms with Crippen LogP contribution in [0.3, 0.4) is 0 Å². The van der Waals surface area contributed by atoms with E-state index in [-0.39, 0.29) is 0 Å². The predicted octanol–water partition coefficient (Wildman–Crippen LogP) is 0.703. The summed E-state index contributed by atoms with van der Waals surface area (Å²) in [6.07, 6.45) is 2.07. The van der Waals surface area contributed by atoms with Gasteiger partial charge in [0.25, 0.3) is 0 Å². The van der Waals surface area contributed by atoms with Crippen molar-refractivity contribution < 1.29 is 27.5 Å².